The molecule has 10 heteroatoms. The number of halogens is 2. The molecule has 0 spiro atoms. The Labute approximate surface area is 208 Å². The predicted molar refractivity (Wildman–Crippen MR) is 135 cm³/mol. The van der Waals surface area contributed by atoms with Gasteiger partial charge in [0.15, 0.2) is 0 Å². The lowest BCUT2D eigenvalue weighted by Crippen LogP contribution is -2.48. The lowest BCUT2D eigenvalue weighted by atomic mass is 10.2. The number of amides is 1. The number of carbonyl (C=O) groups excluding carboxylic acids is 1. The van der Waals surface area contributed by atoms with Crippen molar-refractivity contribution in [1.82, 2.24) is 4.31 Å². The van der Waals surface area contributed by atoms with Gasteiger partial charge in [-0.2, -0.15) is 4.31 Å². The van der Waals surface area contributed by atoms with Gasteiger partial charge in [-0.1, -0.05) is 35.3 Å². The van der Waals surface area contributed by atoms with Crippen LogP contribution < -0.4 is 15.0 Å². The number of methoxy groups -OCH3 is 1. The van der Waals surface area contributed by atoms with E-state index in [0.717, 1.165) is 5.69 Å². The summed E-state index contributed by atoms with van der Waals surface area (Å²) in [5, 5.41) is 3.79. The smallest absolute Gasteiger partial charge is 0.255 e. The van der Waals surface area contributed by atoms with Crippen LogP contribution in [0.4, 0.5) is 11.4 Å². The summed E-state index contributed by atoms with van der Waals surface area (Å²) in [6.45, 7) is 1.72. The number of anilines is 2. The van der Waals surface area contributed by atoms with Crippen LogP contribution in [0.2, 0.25) is 10.0 Å². The molecule has 1 N–H and O–H groups in total. The molecule has 0 aromatic heterocycles. The summed E-state index contributed by atoms with van der Waals surface area (Å²) >= 11 is 12.1. The van der Waals surface area contributed by atoms with E-state index >= 15 is 0 Å². The number of nitrogens with zero attached hydrogens (tertiary/aromatic N) is 2. The number of sulfonamides is 1. The molecule has 1 aliphatic heterocycles. The fraction of sp³-hybridized carbons (Fsp3) is 0.208. The maximum absolute atomic E-state index is 13.4. The number of hydrogen-bond acceptors (Lipinski definition) is 5. The van der Waals surface area contributed by atoms with Crippen molar-refractivity contribution in [3.63, 3.8) is 0 Å². The summed E-state index contributed by atoms with van der Waals surface area (Å²) in [5.74, 6) is -0.0782. The van der Waals surface area contributed by atoms with E-state index in [2.05, 4.69) is 10.2 Å². The van der Waals surface area contributed by atoms with Crippen molar-refractivity contribution in [2.24, 2.45) is 0 Å². The minimum absolute atomic E-state index is 0.0749. The summed E-state index contributed by atoms with van der Waals surface area (Å²) in [6, 6.07) is 18.4. The van der Waals surface area contributed by atoms with Gasteiger partial charge in [0, 0.05) is 47.5 Å². The summed E-state index contributed by atoms with van der Waals surface area (Å²) < 4.78 is 33.5. The van der Waals surface area contributed by atoms with E-state index in [4.69, 9.17) is 27.9 Å². The molecule has 1 aliphatic rings. The van der Waals surface area contributed by atoms with Gasteiger partial charge in [-0.25, -0.2) is 8.42 Å². The van der Waals surface area contributed by atoms with Crippen molar-refractivity contribution in [2.75, 3.05) is 43.5 Å². The lowest BCUT2D eigenvalue weighted by Gasteiger charge is -2.35. The second-order valence-electron chi connectivity index (χ2n) is 7.70. The van der Waals surface area contributed by atoms with Crippen molar-refractivity contribution < 1.29 is 17.9 Å². The number of piperazine rings is 1. The van der Waals surface area contributed by atoms with Crippen LogP contribution in [0.25, 0.3) is 0 Å². The molecule has 1 fully saturated rings. The Balaban J connectivity index is 1.52. The van der Waals surface area contributed by atoms with Gasteiger partial charge >= 0.3 is 0 Å². The number of nitrogens with one attached hydrogen (secondary N) is 1. The van der Waals surface area contributed by atoms with E-state index in [1.54, 1.807) is 24.3 Å². The fourth-order valence-corrected chi connectivity index (χ4v) is 5.60. The van der Waals surface area contributed by atoms with Crippen LogP contribution in [-0.2, 0) is 10.0 Å². The Morgan fingerprint density at radius 1 is 0.912 bits per heavy atom. The molecule has 4 rings (SSSR count). The zero-order chi connectivity index (χ0) is 24.3. The Morgan fingerprint density at radius 2 is 1.59 bits per heavy atom. The molecule has 1 saturated heterocycles. The van der Waals surface area contributed by atoms with E-state index < -0.39 is 15.9 Å². The number of benzene rings is 3. The Kier molecular flexibility index (Phi) is 7.33. The predicted octanol–water partition coefficient (Wildman–Crippen LogP) is 4.77. The third-order valence-corrected chi connectivity index (χ3v) is 7.92. The molecule has 1 amide bonds. The molecule has 0 unspecified atom stereocenters. The van der Waals surface area contributed by atoms with Gasteiger partial charge in [0.25, 0.3) is 5.91 Å². The van der Waals surface area contributed by atoms with Gasteiger partial charge in [-0.05, 0) is 54.6 Å². The third kappa shape index (κ3) is 5.31. The van der Waals surface area contributed by atoms with E-state index in [-0.39, 0.29) is 10.6 Å². The van der Waals surface area contributed by atoms with Gasteiger partial charge in [0.05, 0.1) is 17.7 Å². The molecule has 3 aromatic rings. The first-order valence-electron chi connectivity index (χ1n) is 10.5. The molecule has 0 saturated carbocycles. The first-order valence-corrected chi connectivity index (χ1v) is 12.7. The lowest BCUT2D eigenvalue weighted by molar-refractivity contribution is 0.102. The second-order valence-corrected chi connectivity index (χ2v) is 10.5. The first-order chi connectivity index (χ1) is 16.3. The highest BCUT2D eigenvalue weighted by molar-refractivity contribution is 7.89. The van der Waals surface area contributed by atoms with Crippen molar-refractivity contribution >= 4 is 50.5 Å². The van der Waals surface area contributed by atoms with E-state index in [1.165, 1.54) is 35.7 Å². The minimum atomic E-state index is -3.78. The van der Waals surface area contributed by atoms with Crippen LogP contribution in [-0.4, -0.2) is 51.9 Å². The highest BCUT2D eigenvalue weighted by Gasteiger charge is 2.29. The highest BCUT2D eigenvalue weighted by Crippen LogP contribution is 2.30. The highest BCUT2D eigenvalue weighted by atomic mass is 35.5. The van der Waals surface area contributed by atoms with Crippen LogP contribution in [0.3, 0.4) is 0 Å². The Morgan fingerprint density at radius 3 is 2.24 bits per heavy atom. The Hall–Kier alpha value is -2.78. The number of ether oxygens (including phenoxy) is 1. The summed E-state index contributed by atoms with van der Waals surface area (Å²) in [5.41, 5.74) is 1.56. The standard InChI is InChI=1S/C24H23Cl2N3O4S/c1-33-23-9-8-21(16-22(23)27-24(30)17-4-2-5-18(25)14-17)34(31,32)29-12-10-28(11-13-29)20-7-3-6-19(26)15-20/h2-9,14-16H,10-13H2,1H3,(H,27,30). The molecular weight excluding hydrogens is 497 g/mol. The van der Waals surface area contributed by atoms with Gasteiger partial charge in [0.2, 0.25) is 10.0 Å². The largest absolute Gasteiger partial charge is 0.495 e. The average molecular weight is 520 g/mol. The molecule has 0 radical (unpaired) electrons. The molecule has 1 heterocycles. The van der Waals surface area contributed by atoms with E-state index in [0.29, 0.717) is 47.5 Å². The van der Waals surface area contributed by atoms with Crippen molar-refractivity contribution in [1.29, 1.82) is 0 Å². The minimum Gasteiger partial charge on any atom is -0.495 e. The summed E-state index contributed by atoms with van der Waals surface area (Å²) in [6.07, 6.45) is 0. The van der Waals surface area contributed by atoms with Crippen LogP contribution in [0.1, 0.15) is 10.4 Å². The maximum atomic E-state index is 13.4. The molecule has 178 valence electrons. The topological polar surface area (TPSA) is 79.0 Å². The summed E-state index contributed by atoms with van der Waals surface area (Å²) in [4.78, 5) is 14.9. The van der Waals surface area contributed by atoms with Crippen molar-refractivity contribution in [2.45, 2.75) is 4.90 Å². The van der Waals surface area contributed by atoms with Gasteiger partial charge < -0.3 is 15.0 Å². The van der Waals surface area contributed by atoms with Crippen LogP contribution in [0.15, 0.2) is 71.6 Å². The van der Waals surface area contributed by atoms with E-state index in [9.17, 15) is 13.2 Å². The molecule has 3 aromatic carbocycles. The summed E-state index contributed by atoms with van der Waals surface area (Å²) in [7, 11) is -2.33. The average Bonchev–Trinajstić information content (AvgIpc) is 2.84. The van der Waals surface area contributed by atoms with E-state index in [1.807, 2.05) is 18.2 Å². The van der Waals surface area contributed by atoms with Crippen LogP contribution in [0.5, 0.6) is 5.75 Å². The Bertz CT molecular complexity index is 1310. The molecule has 34 heavy (non-hydrogen) atoms. The van der Waals surface area contributed by atoms with Crippen LogP contribution >= 0.6 is 23.2 Å². The number of hydrogen-bond donors (Lipinski definition) is 1. The number of rotatable bonds is 6. The monoisotopic (exact) mass is 519 g/mol. The van der Waals surface area contributed by atoms with Crippen LogP contribution in [0, 0.1) is 0 Å². The quantitative estimate of drug-likeness (QED) is 0.507. The molecule has 7 nitrogen and oxygen atoms in total. The van der Waals surface area contributed by atoms with Gasteiger partial charge in [0.1, 0.15) is 5.75 Å². The first kappa shape index (κ1) is 24.3. The number of carbonyl (C=O) groups is 1. The van der Waals surface area contributed by atoms with Gasteiger partial charge in [-0.15, -0.1) is 0 Å². The molecule has 0 atom stereocenters. The molecular formula is C24H23Cl2N3O4S. The molecule has 0 aliphatic carbocycles. The van der Waals surface area contributed by atoms with Gasteiger partial charge in [-0.3, -0.25) is 4.79 Å². The second kappa shape index (κ2) is 10.2. The molecule has 0 bridgehead atoms. The zero-order valence-electron chi connectivity index (χ0n) is 18.4. The van der Waals surface area contributed by atoms with Crippen molar-refractivity contribution in [3.05, 3.63) is 82.3 Å². The third-order valence-electron chi connectivity index (χ3n) is 5.56. The normalized spacial score (nSPS) is 14.6. The zero-order valence-corrected chi connectivity index (χ0v) is 20.7. The van der Waals surface area contributed by atoms with Crippen molar-refractivity contribution in [3.8, 4) is 5.75 Å². The SMILES string of the molecule is COc1ccc(S(=O)(=O)N2CCN(c3cccc(Cl)c3)CC2)cc1NC(=O)c1cccc(Cl)c1. The fourth-order valence-electron chi connectivity index (χ4n) is 3.78. The maximum Gasteiger partial charge on any atom is 0.255 e.